The van der Waals surface area contributed by atoms with Crippen molar-refractivity contribution in [1.29, 1.82) is 0 Å². The Bertz CT molecular complexity index is 889. The summed E-state index contributed by atoms with van der Waals surface area (Å²) in [6.45, 7) is 0.0434. The first-order valence-corrected chi connectivity index (χ1v) is 10.4. The predicted octanol–water partition coefficient (Wildman–Crippen LogP) is -5.87. The van der Waals surface area contributed by atoms with Crippen molar-refractivity contribution >= 4 is 47.4 Å². The summed E-state index contributed by atoms with van der Waals surface area (Å²) in [5.74, 6) is -8.48. The molecule has 0 radical (unpaired) electrons. The average Bonchev–Trinajstić information content (AvgIpc) is 2.73. The van der Waals surface area contributed by atoms with Gasteiger partial charge >= 0.3 is 11.9 Å². The van der Waals surface area contributed by atoms with Crippen LogP contribution in [-0.2, 0) is 33.6 Å². The molecule has 4 unspecified atom stereocenters. The maximum atomic E-state index is 12.9. The number of amides is 5. The summed E-state index contributed by atoms with van der Waals surface area (Å²) in [7, 11) is 0. The van der Waals surface area contributed by atoms with Gasteiger partial charge in [0.2, 0.25) is 29.5 Å². The number of nitrogens with two attached hydrogens (primary N) is 5. The van der Waals surface area contributed by atoms with E-state index < -0.39 is 84.9 Å². The van der Waals surface area contributed by atoms with Crippen LogP contribution in [0, 0.1) is 0 Å². The number of aliphatic imine (C=N–C) groups is 1. The summed E-state index contributed by atoms with van der Waals surface area (Å²) in [5, 5.41) is 24.3. The van der Waals surface area contributed by atoms with Crippen molar-refractivity contribution in [2.24, 2.45) is 33.7 Å². The fraction of sp³-hybridized carbons (Fsp3) is 0.556. The molecule has 0 rings (SSSR count). The monoisotopic (exact) mass is 517 g/mol. The molecule has 0 aromatic carbocycles. The normalized spacial score (nSPS) is 13.7. The average molecular weight is 518 g/mol. The highest BCUT2D eigenvalue weighted by Crippen LogP contribution is 2.04. The highest BCUT2D eigenvalue weighted by Gasteiger charge is 2.31. The van der Waals surface area contributed by atoms with Crippen LogP contribution in [0.25, 0.3) is 0 Å². The van der Waals surface area contributed by atoms with Gasteiger partial charge in [0.05, 0.1) is 25.3 Å². The zero-order valence-electron chi connectivity index (χ0n) is 19.1. The molecular weight excluding hydrogens is 486 g/mol. The Morgan fingerprint density at radius 3 is 1.64 bits per heavy atom. The van der Waals surface area contributed by atoms with E-state index in [9.17, 15) is 33.6 Å². The topological polar surface area (TPSA) is 339 Å². The lowest BCUT2D eigenvalue weighted by Crippen LogP contribution is -2.58. The van der Waals surface area contributed by atoms with Gasteiger partial charge in [0.25, 0.3) is 0 Å². The molecule has 0 aliphatic rings. The van der Waals surface area contributed by atoms with Gasteiger partial charge in [-0.05, 0) is 12.8 Å². The van der Waals surface area contributed by atoms with Crippen LogP contribution >= 0.6 is 0 Å². The Kier molecular flexibility index (Phi) is 13.5. The molecule has 0 saturated carbocycles. The number of carbonyl (C=O) groups is 7. The molecule has 18 nitrogen and oxygen atoms in total. The van der Waals surface area contributed by atoms with Gasteiger partial charge in [0, 0.05) is 6.54 Å². The van der Waals surface area contributed by atoms with Gasteiger partial charge in [-0.15, -0.1) is 0 Å². The fourth-order valence-electron chi connectivity index (χ4n) is 2.69. The number of aliphatic carboxylic acids is 2. The van der Waals surface area contributed by atoms with Crippen LogP contribution in [0.15, 0.2) is 4.99 Å². The molecule has 0 fully saturated rings. The summed E-state index contributed by atoms with van der Waals surface area (Å²) >= 11 is 0. The number of primary amides is 2. The third-order valence-electron chi connectivity index (χ3n) is 4.37. The molecule has 0 bridgehead atoms. The van der Waals surface area contributed by atoms with E-state index >= 15 is 0 Å². The quantitative estimate of drug-likeness (QED) is 0.0489. The van der Waals surface area contributed by atoms with Crippen molar-refractivity contribution in [3.8, 4) is 0 Å². The summed E-state index contributed by atoms with van der Waals surface area (Å²) < 4.78 is 0. The largest absolute Gasteiger partial charge is 0.481 e. The van der Waals surface area contributed by atoms with Gasteiger partial charge in [0.15, 0.2) is 5.96 Å². The first-order chi connectivity index (χ1) is 16.6. The van der Waals surface area contributed by atoms with Crippen molar-refractivity contribution in [1.82, 2.24) is 16.0 Å². The minimum atomic E-state index is -1.76. The van der Waals surface area contributed by atoms with Gasteiger partial charge < -0.3 is 54.8 Å². The highest BCUT2D eigenvalue weighted by molar-refractivity contribution is 5.97. The van der Waals surface area contributed by atoms with E-state index in [1.54, 1.807) is 0 Å². The van der Waals surface area contributed by atoms with Gasteiger partial charge in [-0.1, -0.05) is 0 Å². The lowest BCUT2D eigenvalue weighted by molar-refractivity contribution is -0.144. The van der Waals surface area contributed by atoms with Crippen LogP contribution in [0.4, 0.5) is 0 Å². The van der Waals surface area contributed by atoms with Gasteiger partial charge in [-0.25, -0.2) is 4.79 Å². The van der Waals surface area contributed by atoms with Crippen molar-refractivity contribution in [3.63, 3.8) is 0 Å². The molecule has 15 N–H and O–H groups in total. The Morgan fingerprint density at radius 1 is 0.694 bits per heavy atom. The van der Waals surface area contributed by atoms with Gasteiger partial charge in [-0.3, -0.25) is 33.8 Å². The van der Waals surface area contributed by atoms with Crippen LogP contribution in [-0.4, -0.2) is 88.4 Å². The van der Waals surface area contributed by atoms with Gasteiger partial charge in [-0.2, -0.15) is 0 Å². The van der Waals surface area contributed by atoms with E-state index in [-0.39, 0.29) is 25.3 Å². The molecule has 5 amide bonds. The number of hydrogen-bond donors (Lipinski definition) is 10. The molecule has 0 aromatic heterocycles. The molecular formula is C18H31N9O9. The maximum absolute atomic E-state index is 12.9. The molecule has 0 aliphatic heterocycles. The maximum Gasteiger partial charge on any atom is 0.326 e. The van der Waals surface area contributed by atoms with Crippen LogP contribution in [0.2, 0.25) is 0 Å². The SMILES string of the molecule is NC(=O)CC(NC(=O)C(CC(N)=O)NC(=O)C(CCCN=C(N)N)NC(=O)C(N)CC(=O)O)C(=O)O. The van der Waals surface area contributed by atoms with Crippen LogP contribution in [0.1, 0.15) is 32.1 Å². The minimum absolute atomic E-state index is 0.0434. The van der Waals surface area contributed by atoms with Crippen LogP contribution < -0.4 is 44.6 Å². The number of hydrogen-bond acceptors (Lipinski definition) is 9. The van der Waals surface area contributed by atoms with Crippen LogP contribution in [0.5, 0.6) is 0 Å². The Labute approximate surface area is 204 Å². The van der Waals surface area contributed by atoms with E-state index in [0.717, 1.165) is 0 Å². The number of rotatable bonds is 17. The molecule has 0 saturated heterocycles. The molecule has 36 heavy (non-hydrogen) atoms. The van der Waals surface area contributed by atoms with Crippen LogP contribution in [0.3, 0.4) is 0 Å². The Balaban J connectivity index is 5.67. The number of nitrogens with zero attached hydrogens (tertiary/aromatic N) is 1. The summed E-state index contributed by atoms with van der Waals surface area (Å²) in [5.41, 5.74) is 26.0. The fourth-order valence-corrected chi connectivity index (χ4v) is 2.69. The highest BCUT2D eigenvalue weighted by atomic mass is 16.4. The van der Waals surface area contributed by atoms with Crippen molar-refractivity contribution < 1.29 is 43.8 Å². The molecule has 0 spiro atoms. The third-order valence-corrected chi connectivity index (χ3v) is 4.37. The third kappa shape index (κ3) is 13.3. The number of guanidine groups is 1. The number of carboxylic acid groups (broad SMARTS) is 2. The molecule has 0 aromatic rings. The Hall–Kier alpha value is -4.48. The lowest BCUT2D eigenvalue weighted by atomic mass is 10.1. The second-order valence-corrected chi connectivity index (χ2v) is 7.52. The number of carboxylic acids is 2. The smallest absolute Gasteiger partial charge is 0.326 e. The zero-order valence-corrected chi connectivity index (χ0v) is 19.1. The van der Waals surface area contributed by atoms with E-state index in [4.69, 9.17) is 38.9 Å². The second kappa shape index (κ2) is 15.4. The minimum Gasteiger partial charge on any atom is -0.481 e. The standard InChI is InChI=1S/C18H31N9O9/c19-7(4-13(30)31)14(32)25-8(2-1-3-24-18(22)23)15(33)26-9(5-11(20)28)16(34)27-10(17(35)36)6-12(21)29/h7-10H,1-6,19H2,(H2,20,28)(H2,21,29)(H,25,32)(H,26,33)(H,27,34)(H,30,31)(H,35,36)(H4,22,23,24). The predicted molar refractivity (Wildman–Crippen MR) is 121 cm³/mol. The molecule has 18 heteroatoms. The molecule has 202 valence electrons. The van der Waals surface area contributed by atoms with E-state index in [0.29, 0.717) is 0 Å². The molecule has 4 atom stereocenters. The molecule has 0 heterocycles. The number of nitrogens with one attached hydrogen (secondary N) is 3. The first-order valence-electron chi connectivity index (χ1n) is 10.4. The first kappa shape index (κ1) is 31.5. The molecule has 0 aliphatic carbocycles. The van der Waals surface area contributed by atoms with Crippen molar-refractivity contribution in [2.75, 3.05) is 6.54 Å². The van der Waals surface area contributed by atoms with E-state index in [1.807, 2.05) is 5.32 Å². The van der Waals surface area contributed by atoms with Crippen molar-refractivity contribution in [2.45, 2.75) is 56.3 Å². The zero-order chi connectivity index (χ0) is 28.0. The Morgan fingerprint density at radius 2 is 1.17 bits per heavy atom. The summed E-state index contributed by atoms with van der Waals surface area (Å²) in [6.07, 6.45) is -2.26. The second-order valence-electron chi connectivity index (χ2n) is 7.52. The summed E-state index contributed by atoms with van der Waals surface area (Å²) in [4.78, 5) is 85.9. The van der Waals surface area contributed by atoms with E-state index in [2.05, 4.69) is 15.6 Å². The van der Waals surface area contributed by atoms with E-state index in [1.165, 1.54) is 0 Å². The summed E-state index contributed by atoms with van der Waals surface area (Å²) in [6, 6.07) is -6.36. The van der Waals surface area contributed by atoms with Gasteiger partial charge in [0.1, 0.15) is 18.1 Å². The van der Waals surface area contributed by atoms with Crippen molar-refractivity contribution in [3.05, 3.63) is 0 Å². The number of carbonyl (C=O) groups excluding carboxylic acids is 5. The lowest BCUT2D eigenvalue weighted by Gasteiger charge is -2.24.